The second-order valence-electron chi connectivity index (χ2n) is 4.16. The van der Waals surface area contributed by atoms with Crippen molar-refractivity contribution in [2.75, 3.05) is 40.0 Å². The van der Waals surface area contributed by atoms with Crippen LogP contribution in [-0.4, -0.2) is 61.0 Å². The molecule has 0 aliphatic heterocycles. The number of hydrogen-bond acceptors (Lipinski definition) is 5. The summed E-state index contributed by atoms with van der Waals surface area (Å²) in [5, 5.41) is 18.0. The largest absolute Gasteiger partial charge is 0.495 e. The topological polar surface area (TPSA) is 96.0 Å². The molecule has 0 saturated carbocycles. The average molecular weight is 292 g/mol. The average Bonchev–Trinajstić information content (AvgIpc) is 2.51. The molecule has 1 rings (SSSR count). The lowest BCUT2D eigenvalue weighted by atomic mass is 10.1. The Balaban J connectivity index is 3.08. The van der Waals surface area contributed by atoms with Crippen molar-refractivity contribution in [2.24, 2.45) is 5.73 Å². The number of aliphatic hydroxyl groups is 2. The highest BCUT2D eigenvalue weighted by molar-refractivity contribution is 5.95. The fourth-order valence-electron chi connectivity index (χ4n) is 1.82. The van der Waals surface area contributed by atoms with Crippen LogP contribution in [0.5, 0.6) is 5.75 Å². The number of hydrogen-bond donors (Lipinski definition) is 3. The van der Waals surface area contributed by atoms with E-state index in [1.54, 1.807) is 18.2 Å². The standard InChI is InChI=1S/C15H20N2O4/c1-21-14-5-4-13(11-12(14)3-2-6-16)15(20)17(7-9-18)8-10-19/h4-5,11,18-19H,6-10,16H2,1H3. The number of carbonyl (C=O) groups excluding carboxylic acids is 1. The van der Waals surface area contributed by atoms with Crippen LogP contribution in [0.3, 0.4) is 0 Å². The van der Waals surface area contributed by atoms with E-state index in [0.29, 0.717) is 16.9 Å². The Bertz CT molecular complexity index is 528. The third-order valence-corrected chi connectivity index (χ3v) is 2.80. The van der Waals surface area contributed by atoms with Crippen LogP contribution in [0.25, 0.3) is 0 Å². The third-order valence-electron chi connectivity index (χ3n) is 2.80. The zero-order chi connectivity index (χ0) is 15.7. The lowest BCUT2D eigenvalue weighted by Crippen LogP contribution is -2.35. The summed E-state index contributed by atoms with van der Waals surface area (Å²) in [5.74, 6) is 5.85. The first kappa shape index (κ1) is 17.0. The molecular formula is C15H20N2O4. The van der Waals surface area contributed by atoms with Gasteiger partial charge < -0.3 is 25.6 Å². The Labute approximate surface area is 124 Å². The molecule has 0 radical (unpaired) electrons. The van der Waals surface area contributed by atoms with Crippen LogP contribution >= 0.6 is 0 Å². The number of rotatable bonds is 6. The molecule has 0 fully saturated rings. The number of ether oxygens (including phenoxy) is 1. The Morgan fingerprint density at radius 3 is 2.52 bits per heavy atom. The van der Waals surface area contributed by atoms with E-state index in [9.17, 15) is 4.79 Å². The van der Waals surface area contributed by atoms with Crippen molar-refractivity contribution < 1.29 is 19.7 Å². The molecule has 0 atom stereocenters. The van der Waals surface area contributed by atoms with Gasteiger partial charge in [0.2, 0.25) is 0 Å². The van der Waals surface area contributed by atoms with E-state index in [1.165, 1.54) is 12.0 Å². The molecule has 0 heterocycles. The van der Waals surface area contributed by atoms with Crippen LogP contribution in [0.2, 0.25) is 0 Å². The van der Waals surface area contributed by atoms with Crippen LogP contribution in [0.1, 0.15) is 15.9 Å². The third kappa shape index (κ3) is 4.76. The molecule has 0 aliphatic carbocycles. The molecule has 114 valence electrons. The minimum atomic E-state index is -0.281. The summed E-state index contributed by atoms with van der Waals surface area (Å²) in [7, 11) is 1.52. The van der Waals surface area contributed by atoms with Gasteiger partial charge >= 0.3 is 0 Å². The maximum absolute atomic E-state index is 12.3. The Morgan fingerprint density at radius 1 is 1.33 bits per heavy atom. The summed E-state index contributed by atoms with van der Waals surface area (Å²) in [5.41, 5.74) is 6.33. The minimum absolute atomic E-state index is 0.162. The van der Waals surface area contributed by atoms with Crippen LogP contribution in [0.15, 0.2) is 18.2 Å². The van der Waals surface area contributed by atoms with E-state index in [-0.39, 0.29) is 38.8 Å². The molecule has 1 amide bonds. The Hall–Kier alpha value is -2.07. The lowest BCUT2D eigenvalue weighted by molar-refractivity contribution is 0.0685. The Kier molecular flexibility index (Phi) is 7.26. The van der Waals surface area contributed by atoms with Gasteiger partial charge in [-0.3, -0.25) is 4.79 Å². The zero-order valence-corrected chi connectivity index (χ0v) is 12.0. The molecule has 0 unspecified atom stereocenters. The molecule has 6 nitrogen and oxygen atoms in total. The van der Waals surface area contributed by atoms with E-state index in [1.807, 2.05) is 0 Å². The van der Waals surface area contributed by atoms with Crippen LogP contribution in [0.4, 0.5) is 0 Å². The van der Waals surface area contributed by atoms with Crippen molar-refractivity contribution in [1.29, 1.82) is 0 Å². The highest BCUT2D eigenvalue weighted by Crippen LogP contribution is 2.19. The summed E-state index contributed by atoms with van der Waals surface area (Å²) in [6.07, 6.45) is 0. The van der Waals surface area contributed by atoms with E-state index in [0.717, 1.165) is 0 Å². The molecule has 1 aromatic rings. The Morgan fingerprint density at radius 2 is 2.00 bits per heavy atom. The molecule has 0 bridgehead atoms. The fourth-order valence-corrected chi connectivity index (χ4v) is 1.82. The van der Waals surface area contributed by atoms with E-state index in [4.69, 9.17) is 20.7 Å². The van der Waals surface area contributed by atoms with Crippen molar-refractivity contribution in [3.05, 3.63) is 29.3 Å². The zero-order valence-electron chi connectivity index (χ0n) is 12.0. The molecular weight excluding hydrogens is 272 g/mol. The first-order valence-corrected chi connectivity index (χ1v) is 6.55. The second-order valence-corrected chi connectivity index (χ2v) is 4.16. The summed E-state index contributed by atoms with van der Waals surface area (Å²) >= 11 is 0. The maximum Gasteiger partial charge on any atom is 0.254 e. The van der Waals surface area contributed by atoms with Gasteiger partial charge in [0.15, 0.2) is 0 Å². The number of aliphatic hydroxyl groups excluding tert-OH is 2. The first-order valence-electron chi connectivity index (χ1n) is 6.55. The number of carbonyl (C=O) groups is 1. The van der Waals surface area contributed by atoms with Gasteiger partial charge in [0.1, 0.15) is 5.75 Å². The molecule has 0 aromatic heterocycles. The maximum atomic E-state index is 12.3. The van der Waals surface area contributed by atoms with Gasteiger partial charge in [0.05, 0.1) is 32.4 Å². The van der Waals surface area contributed by atoms with Gasteiger partial charge in [-0.25, -0.2) is 0 Å². The first-order chi connectivity index (χ1) is 10.2. The van der Waals surface area contributed by atoms with Crippen molar-refractivity contribution in [3.63, 3.8) is 0 Å². The van der Waals surface area contributed by atoms with Gasteiger partial charge in [-0.2, -0.15) is 0 Å². The number of nitrogens with two attached hydrogens (primary N) is 1. The number of methoxy groups -OCH3 is 1. The molecule has 0 spiro atoms. The van der Waals surface area contributed by atoms with Gasteiger partial charge in [0, 0.05) is 18.7 Å². The normalized spacial score (nSPS) is 9.71. The van der Waals surface area contributed by atoms with E-state index in [2.05, 4.69) is 11.8 Å². The summed E-state index contributed by atoms with van der Waals surface area (Å²) < 4.78 is 5.18. The van der Waals surface area contributed by atoms with Crippen molar-refractivity contribution in [1.82, 2.24) is 4.90 Å². The molecule has 6 heteroatoms. The van der Waals surface area contributed by atoms with Crippen molar-refractivity contribution in [3.8, 4) is 17.6 Å². The van der Waals surface area contributed by atoms with Crippen molar-refractivity contribution in [2.45, 2.75) is 0 Å². The summed E-state index contributed by atoms with van der Waals surface area (Å²) in [6, 6.07) is 4.89. The van der Waals surface area contributed by atoms with Crippen LogP contribution in [0, 0.1) is 11.8 Å². The SMILES string of the molecule is COc1ccc(C(=O)N(CCO)CCO)cc1C#CCN. The monoisotopic (exact) mass is 292 g/mol. The molecule has 21 heavy (non-hydrogen) atoms. The molecule has 1 aromatic carbocycles. The number of amides is 1. The molecule has 0 aliphatic rings. The number of nitrogens with zero attached hydrogens (tertiary/aromatic N) is 1. The highest BCUT2D eigenvalue weighted by Gasteiger charge is 2.16. The fraction of sp³-hybridized carbons (Fsp3) is 0.400. The van der Waals surface area contributed by atoms with Gasteiger partial charge in [0.25, 0.3) is 5.91 Å². The van der Waals surface area contributed by atoms with Crippen LogP contribution < -0.4 is 10.5 Å². The molecule has 4 N–H and O–H groups in total. The van der Waals surface area contributed by atoms with Gasteiger partial charge in [-0.1, -0.05) is 11.8 Å². The van der Waals surface area contributed by atoms with Gasteiger partial charge in [-0.15, -0.1) is 0 Å². The van der Waals surface area contributed by atoms with E-state index < -0.39 is 0 Å². The minimum Gasteiger partial charge on any atom is -0.495 e. The second kappa shape index (κ2) is 8.97. The van der Waals surface area contributed by atoms with Gasteiger partial charge in [-0.05, 0) is 18.2 Å². The van der Waals surface area contributed by atoms with Crippen molar-refractivity contribution >= 4 is 5.91 Å². The predicted octanol–water partition coefficient (Wildman–Crippen LogP) is -0.568. The lowest BCUT2D eigenvalue weighted by Gasteiger charge is -2.21. The smallest absolute Gasteiger partial charge is 0.254 e. The summed E-state index contributed by atoms with van der Waals surface area (Å²) in [6.45, 7) is 0.205. The highest BCUT2D eigenvalue weighted by atomic mass is 16.5. The quantitative estimate of drug-likeness (QED) is 0.610. The van der Waals surface area contributed by atoms with Crippen LogP contribution in [-0.2, 0) is 0 Å². The molecule has 0 saturated heterocycles. The number of benzene rings is 1. The summed E-state index contributed by atoms with van der Waals surface area (Å²) in [4.78, 5) is 13.7. The van der Waals surface area contributed by atoms with E-state index >= 15 is 0 Å². The predicted molar refractivity (Wildman–Crippen MR) is 79.0 cm³/mol.